The van der Waals surface area contributed by atoms with E-state index in [0.717, 1.165) is 12.6 Å². The maximum Gasteiger partial charge on any atom is 0.0945 e. The molecule has 2 heterocycles. The van der Waals surface area contributed by atoms with Crippen molar-refractivity contribution in [3.05, 3.63) is 18.7 Å². The molecule has 0 amide bonds. The van der Waals surface area contributed by atoms with Gasteiger partial charge in [0.25, 0.3) is 0 Å². The van der Waals surface area contributed by atoms with Gasteiger partial charge >= 0.3 is 0 Å². The maximum atomic E-state index is 4.06. The fourth-order valence-electron chi connectivity index (χ4n) is 2.55. The zero-order chi connectivity index (χ0) is 11.9. The monoisotopic (exact) mass is 236 g/mol. The highest BCUT2D eigenvalue weighted by Gasteiger charge is 2.15. The van der Waals surface area contributed by atoms with Gasteiger partial charge in [-0.1, -0.05) is 0 Å². The Kier molecular flexibility index (Phi) is 5.01. The van der Waals surface area contributed by atoms with Gasteiger partial charge in [0.05, 0.1) is 6.33 Å². The summed E-state index contributed by atoms with van der Waals surface area (Å²) in [5.41, 5.74) is 0. The normalized spacial score (nSPS) is 21.6. The second-order valence-electron chi connectivity index (χ2n) is 4.97. The van der Waals surface area contributed by atoms with Crippen molar-refractivity contribution in [2.45, 2.75) is 38.3 Å². The van der Waals surface area contributed by atoms with Crippen LogP contribution in [-0.4, -0.2) is 47.2 Å². The van der Waals surface area contributed by atoms with Crippen molar-refractivity contribution in [1.82, 2.24) is 19.8 Å². The van der Waals surface area contributed by atoms with E-state index in [1.807, 2.05) is 18.7 Å². The lowest BCUT2D eigenvalue weighted by Crippen LogP contribution is -2.33. The van der Waals surface area contributed by atoms with Crippen LogP contribution in [0.3, 0.4) is 0 Å². The third-order valence-corrected chi connectivity index (χ3v) is 3.65. The first kappa shape index (κ1) is 12.6. The van der Waals surface area contributed by atoms with Crippen molar-refractivity contribution >= 4 is 0 Å². The zero-order valence-electron chi connectivity index (χ0n) is 10.8. The molecular formula is C13H24N4. The first-order valence-electron chi connectivity index (χ1n) is 6.73. The molecule has 1 fully saturated rings. The summed E-state index contributed by atoms with van der Waals surface area (Å²) in [6.45, 7) is 4.63. The molecule has 1 aliphatic rings. The molecular weight excluding hydrogens is 212 g/mol. The van der Waals surface area contributed by atoms with Crippen LogP contribution in [0.4, 0.5) is 0 Å². The molecule has 1 atom stereocenters. The van der Waals surface area contributed by atoms with Crippen LogP contribution in [0.1, 0.15) is 25.7 Å². The van der Waals surface area contributed by atoms with Gasteiger partial charge in [0.1, 0.15) is 0 Å². The van der Waals surface area contributed by atoms with Gasteiger partial charge in [0.2, 0.25) is 0 Å². The van der Waals surface area contributed by atoms with Crippen LogP contribution in [0.2, 0.25) is 0 Å². The number of rotatable bonds is 5. The number of hydrogen-bond acceptors (Lipinski definition) is 3. The molecule has 0 spiro atoms. The molecule has 0 radical (unpaired) electrons. The van der Waals surface area contributed by atoms with E-state index in [1.54, 1.807) is 0 Å². The third kappa shape index (κ3) is 4.13. The molecule has 1 N–H and O–H groups in total. The van der Waals surface area contributed by atoms with E-state index in [2.05, 4.69) is 26.8 Å². The average Bonchev–Trinajstić information content (AvgIpc) is 2.69. The predicted molar refractivity (Wildman–Crippen MR) is 70.0 cm³/mol. The van der Waals surface area contributed by atoms with Gasteiger partial charge in [-0.15, -0.1) is 0 Å². The van der Waals surface area contributed by atoms with Gasteiger partial charge in [-0.05, 0) is 52.4 Å². The highest BCUT2D eigenvalue weighted by molar-refractivity contribution is 4.76. The van der Waals surface area contributed by atoms with Crippen LogP contribution in [0, 0.1) is 0 Å². The van der Waals surface area contributed by atoms with Crippen LogP contribution in [0.25, 0.3) is 0 Å². The van der Waals surface area contributed by atoms with E-state index in [1.165, 1.54) is 45.3 Å². The van der Waals surface area contributed by atoms with Crippen molar-refractivity contribution in [3.63, 3.8) is 0 Å². The van der Waals surface area contributed by atoms with Crippen molar-refractivity contribution in [1.29, 1.82) is 0 Å². The van der Waals surface area contributed by atoms with Gasteiger partial charge < -0.3 is 14.8 Å². The van der Waals surface area contributed by atoms with Gasteiger partial charge in [0.15, 0.2) is 0 Å². The molecule has 0 aliphatic carbocycles. The van der Waals surface area contributed by atoms with Crippen LogP contribution in [-0.2, 0) is 6.54 Å². The van der Waals surface area contributed by atoms with Gasteiger partial charge in [0, 0.05) is 25.0 Å². The van der Waals surface area contributed by atoms with Crippen molar-refractivity contribution < 1.29 is 0 Å². The number of nitrogens with zero attached hydrogens (tertiary/aromatic N) is 3. The molecule has 17 heavy (non-hydrogen) atoms. The van der Waals surface area contributed by atoms with Crippen molar-refractivity contribution in [2.75, 3.05) is 26.7 Å². The minimum atomic E-state index is 0.771. The van der Waals surface area contributed by atoms with E-state index < -0.39 is 0 Å². The standard InChI is InChI=1S/C13H24N4/c1-16(13-4-2-6-14-7-5-13)9-3-10-17-11-8-15-12-17/h8,11-14H,2-7,9-10H2,1H3. The zero-order valence-corrected chi connectivity index (χ0v) is 10.8. The van der Waals surface area contributed by atoms with Gasteiger partial charge in [-0.2, -0.15) is 0 Å². The minimum Gasteiger partial charge on any atom is -0.337 e. The molecule has 4 nitrogen and oxygen atoms in total. The summed E-state index contributed by atoms with van der Waals surface area (Å²) < 4.78 is 2.16. The summed E-state index contributed by atoms with van der Waals surface area (Å²) in [6.07, 6.45) is 10.9. The van der Waals surface area contributed by atoms with Crippen LogP contribution in [0.15, 0.2) is 18.7 Å². The molecule has 4 heteroatoms. The molecule has 0 aromatic carbocycles. The highest BCUT2D eigenvalue weighted by Crippen LogP contribution is 2.12. The Bertz CT molecular complexity index is 288. The number of aromatic nitrogens is 2. The second-order valence-corrected chi connectivity index (χ2v) is 4.97. The summed E-state index contributed by atoms with van der Waals surface area (Å²) in [5, 5.41) is 3.47. The first-order valence-corrected chi connectivity index (χ1v) is 6.73. The summed E-state index contributed by atoms with van der Waals surface area (Å²) in [4.78, 5) is 6.59. The lowest BCUT2D eigenvalue weighted by molar-refractivity contribution is 0.219. The van der Waals surface area contributed by atoms with E-state index in [0.29, 0.717) is 0 Å². The van der Waals surface area contributed by atoms with Crippen LogP contribution >= 0.6 is 0 Å². The lowest BCUT2D eigenvalue weighted by Gasteiger charge is -2.26. The predicted octanol–water partition coefficient (Wildman–Crippen LogP) is 1.35. The molecule has 1 aromatic heterocycles. The van der Waals surface area contributed by atoms with E-state index in [4.69, 9.17) is 0 Å². The Morgan fingerprint density at radius 1 is 1.41 bits per heavy atom. The average molecular weight is 236 g/mol. The summed E-state index contributed by atoms with van der Waals surface area (Å²) >= 11 is 0. The molecule has 1 aromatic rings. The fourth-order valence-corrected chi connectivity index (χ4v) is 2.55. The van der Waals surface area contributed by atoms with Crippen LogP contribution in [0.5, 0.6) is 0 Å². The largest absolute Gasteiger partial charge is 0.337 e. The Balaban J connectivity index is 1.67. The van der Waals surface area contributed by atoms with Gasteiger partial charge in [-0.25, -0.2) is 4.98 Å². The van der Waals surface area contributed by atoms with E-state index in [9.17, 15) is 0 Å². The topological polar surface area (TPSA) is 33.1 Å². The summed E-state index contributed by atoms with van der Waals surface area (Å²) in [5.74, 6) is 0. The second kappa shape index (κ2) is 6.77. The molecule has 1 aliphatic heterocycles. The highest BCUT2D eigenvalue weighted by atomic mass is 15.1. The van der Waals surface area contributed by atoms with E-state index >= 15 is 0 Å². The number of aryl methyl sites for hydroxylation is 1. The molecule has 1 saturated heterocycles. The quantitative estimate of drug-likeness (QED) is 0.837. The molecule has 0 bridgehead atoms. The molecule has 2 rings (SSSR count). The summed E-state index contributed by atoms with van der Waals surface area (Å²) in [6, 6.07) is 0.771. The fraction of sp³-hybridized carbons (Fsp3) is 0.769. The minimum absolute atomic E-state index is 0.771. The van der Waals surface area contributed by atoms with Crippen molar-refractivity contribution in [2.24, 2.45) is 0 Å². The van der Waals surface area contributed by atoms with Crippen molar-refractivity contribution in [3.8, 4) is 0 Å². The Morgan fingerprint density at radius 2 is 2.35 bits per heavy atom. The van der Waals surface area contributed by atoms with E-state index in [-0.39, 0.29) is 0 Å². The molecule has 1 unspecified atom stereocenters. The number of imidazole rings is 1. The Hall–Kier alpha value is -0.870. The number of nitrogens with one attached hydrogen (secondary N) is 1. The SMILES string of the molecule is CN(CCCn1ccnc1)C1CCCNCC1. The smallest absolute Gasteiger partial charge is 0.0945 e. The maximum absolute atomic E-state index is 4.06. The van der Waals surface area contributed by atoms with Gasteiger partial charge in [-0.3, -0.25) is 0 Å². The Morgan fingerprint density at radius 3 is 3.18 bits per heavy atom. The molecule has 0 saturated carbocycles. The Labute approximate surface area is 104 Å². The lowest BCUT2D eigenvalue weighted by atomic mass is 10.1. The first-order chi connectivity index (χ1) is 8.36. The number of hydrogen-bond donors (Lipinski definition) is 1. The molecule has 96 valence electrons. The third-order valence-electron chi connectivity index (χ3n) is 3.65. The summed E-state index contributed by atoms with van der Waals surface area (Å²) in [7, 11) is 2.27. The van der Waals surface area contributed by atoms with Crippen LogP contribution < -0.4 is 5.32 Å².